The van der Waals surface area contributed by atoms with E-state index in [2.05, 4.69) is 4.98 Å². The molecule has 3 nitrogen and oxygen atoms in total. The van der Waals surface area contributed by atoms with E-state index in [0.717, 1.165) is 28.4 Å². The van der Waals surface area contributed by atoms with Crippen molar-refractivity contribution in [1.82, 2.24) is 4.98 Å². The van der Waals surface area contributed by atoms with Gasteiger partial charge in [0.25, 0.3) is 0 Å². The van der Waals surface area contributed by atoms with Crippen LogP contribution in [0.1, 0.15) is 47.2 Å². The summed E-state index contributed by atoms with van der Waals surface area (Å²) in [6.45, 7) is 2.01. The molecule has 0 aromatic carbocycles. The van der Waals surface area contributed by atoms with Gasteiger partial charge in [-0.1, -0.05) is 0 Å². The molecule has 1 aromatic rings. The minimum absolute atomic E-state index is 0.0785. The van der Waals surface area contributed by atoms with E-state index < -0.39 is 0 Å². The molecule has 1 N–H and O–H groups in total. The van der Waals surface area contributed by atoms with Crippen LogP contribution in [-0.2, 0) is 11.4 Å². The number of aromatic nitrogens is 1. The van der Waals surface area contributed by atoms with Gasteiger partial charge in [0.15, 0.2) is 0 Å². The molecular formula is C11H15NO2S. The molecule has 15 heavy (non-hydrogen) atoms. The Morgan fingerprint density at radius 3 is 2.67 bits per heavy atom. The van der Waals surface area contributed by atoms with Crippen molar-refractivity contribution in [2.75, 3.05) is 0 Å². The molecule has 0 bridgehead atoms. The highest BCUT2D eigenvalue weighted by Gasteiger charge is 2.23. The molecule has 0 atom stereocenters. The second-order valence-corrected chi connectivity index (χ2v) is 5.15. The van der Waals surface area contributed by atoms with Gasteiger partial charge in [0, 0.05) is 18.8 Å². The lowest BCUT2D eigenvalue weighted by Gasteiger charge is -2.18. The number of aliphatic hydroxyl groups excluding tert-OH is 1. The standard InChI is InChI=1S/C11H15NO2S/c1-7-10(6-13)15-11(12-7)8-2-4-9(14)5-3-8/h8,13H,2-6H2,1H3. The lowest BCUT2D eigenvalue weighted by molar-refractivity contribution is -0.120. The zero-order valence-electron chi connectivity index (χ0n) is 8.82. The van der Waals surface area contributed by atoms with E-state index in [1.54, 1.807) is 11.3 Å². The van der Waals surface area contributed by atoms with E-state index in [-0.39, 0.29) is 6.61 Å². The molecule has 2 rings (SSSR count). The SMILES string of the molecule is Cc1nc(C2CCC(=O)CC2)sc1CO. The molecule has 0 unspecified atom stereocenters. The third-order valence-electron chi connectivity index (χ3n) is 2.95. The molecule has 0 saturated heterocycles. The van der Waals surface area contributed by atoms with Crippen LogP contribution < -0.4 is 0 Å². The van der Waals surface area contributed by atoms with Crippen LogP contribution in [0.3, 0.4) is 0 Å². The van der Waals surface area contributed by atoms with Gasteiger partial charge < -0.3 is 5.11 Å². The van der Waals surface area contributed by atoms with Crippen molar-refractivity contribution in [3.63, 3.8) is 0 Å². The molecule has 4 heteroatoms. The number of hydrogen-bond donors (Lipinski definition) is 1. The molecule has 82 valence electrons. The summed E-state index contributed by atoms with van der Waals surface area (Å²) in [4.78, 5) is 16.5. The highest BCUT2D eigenvalue weighted by Crippen LogP contribution is 2.34. The van der Waals surface area contributed by atoms with E-state index in [9.17, 15) is 4.79 Å². The van der Waals surface area contributed by atoms with Crippen molar-refractivity contribution in [3.05, 3.63) is 15.6 Å². The van der Waals surface area contributed by atoms with Crippen LogP contribution >= 0.6 is 11.3 Å². The van der Waals surface area contributed by atoms with Gasteiger partial charge in [-0.3, -0.25) is 4.79 Å². The van der Waals surface area contributed by atoms with Crippen molar-refractivity contribution >= 4 is 17.1 Å². The smallest absolute Gasteiger partial charge is 0.132 e. The zero-order valence-corrected chi connectivity index (χ0v) is 9.64. The van der Waals surface area contributed by atoms with Crippen LogP contribution in [0.2, 0.25) is 0 Å². The minimum Gasteiger partial charge on any atom is -0.391 e. The van der Waals surface area contributed by atoms with Crippen LogP contribution in [0.4, 0.5) is 0 Å². The topological polar surface area (TPSA) is 50.2 Å². The number of ketones is 1. The van der Waals surface area contributed by atoms with Crippen LogP contribution in [0.25, 0.3) is 0 Å². The van der Waals surface area contributed by atoms with Crippen LogP contribution in [-0.4, -0.2) is 15.9 Å². The summed E-state index contributed by atoms with van der Waals surface area (Å²) in [6, 6.07) is 0. The predicted octanol–water partition coefficient (Wildman–Crippen LogP) is 2.17. The number of nitrogens with zero attached hydrogens (tertiary/aromatic N) is 1. The molecule has 1 fully saturated rings. The second-order valence-electron chi connectivity index (χ2n) is 4.03. The molecule has 1 saturated carbocycles. The van der Waals surface area contributed by atoms with Gasteiger partial charge in [-0.15, -0.1) is 11.3 Å². The maximum atomic E-state index is 11.1. The molecule has 0 amide bonds. The summed E-state index contributed by atoms with van der Waals surface area (Å²) in [5, 5.41) is 10.2. The third-order valence-corrected chi connectivity index (χ3v) is 4.25. The summed E-state index contributed by atoms with van der Waals surface area (Å²) < 4.78 is 0. The van der Waals surface area contributed by atoms with Crippen molar-refractivity contribution in [1.29, 1.82) is 0 Å². The van der Waals surface area contributed by atoms with Crippen LogP contribution in [0.5, 0.6) is 0 Å². The number of carbonyl (C=O) groups excluding carboxylic acids is 1. The summed E-state index contributed by atoms with van der Waals surface area (Å²) in [6.07, 6.45) is 3.24. The number of hydrogen-bond acceptors (Lipinski definition) is 4. The molecule has 1 aliphatic carbocycles. The number of thiazole rings is 1. The Kier molecular flexibility index (Phi) is 3.17. The summed E-state index contributed by atoms with van der Waals surface area (Å²) in [7, 11) is 0. The molecule has 1 heterocycles. The number of rotatable bonds is 2. The van der Waals surface area contributed by atoms with Crippen molar-refractivity contribution < 1.29 is 9.90 Å². The maximum Gasteiger partial charge on any atom is 0.132 e. The third kappa shape index (κ3) is 2.26. The van der Waals surface area contributed by atoms with Crippen molar-refractivity contribution in [2.45, 2.75) is 45.1 Å². The van der Waals surface area contributed by atoms with Gasteiger partial charge in [-0.2, -0.15) is 0 Å². The quantitative estimate of drug-likeness (QED) is 0.839. The highest BCUT2D eigenvalue weighted by atomic mass is 32.1. The average molecular weight is 225 g/mol. The fraction of sp³-hybridized carbons (Fsp3) is 0.636. The summed E-state index contributed by atoms with van der Waals surface area (Å²) >= 11 is 1.59. The van der Waals surface area contributed by atoms with E-state index in [4.69, 9.17) is 5.11 Å². The normalized spacial score (nSPS) is 18.4. The molecule has 1 aliphatic rings. The molecule has 0 spiro atoms. The number of aryl methyl sites for hydroxylation is 1. The van der Waals surface area contributed by atoms with Crippen LogP contribution in [0, 0.1) is 6.92 Å². The van der Waals surface area contributed by atoms with Gasteiger partial charge in [0.05, 0.1) is 22.2 Å². The lowest BCUT2D eigenvalue weighted by Crippen LogP contribution is -2.12. The van der Waals surface area contributed by atoms with E-state index in [0.29, 0.717) is 24.5 Å². The van der Waals surface area contributed by atoms with Gasteiger partial charge in [-0.25, -0.2) is 4.98 Å². The zero-order chi connectivity index (χ0) is 10.8. The summed E-state index contributed by atoms with van der Waals surface area (Å²) in [5.74, 6) is 0.814. The largest absolute Gasteiger partial charge is 0.391 e. The van der Waals surface area contributed by atoms with E-state index in [1.807, 2.05) is 6.92 Å². The van der Waals surface area contributed by atoms with Gasteiger partial charge in [0.2, 0.25) is 0 Å². The minimum atomic E-state index is 0.0785. The Balaban J connectivity index is 2.12. The highest BCUT2D eigenvalue weighted by molar-refractivity contribution is 7.11. The monoisotopic (exact) mass is 225 g/mol. The Hall–Kier alpha value is -0.740. The second kappa shape index (κ2) is 4.41. The lowest BCUT2D eigenvalue weighted by atomic mass is 9.89. The maximum absolute atomic E-state index is 11.1. The first-order valence-corrected chi connectivity index (χ1v) is 6.11. The predicted molar refractivity (Wildman–Crippen MR) is 59.0 cm³/mol. The number of Topliss-reactive ketones (excluding diaryl/α,β-unsaturated/α-hetero) is 1. The first-order chi connectivity index (χ1) is 7.20. The van der Waals surface area contributed by atoms with Crippen molar-refractivity contribution in [3.8, 4) is 0 Å². The first kappa shape index (κ1) is 10.8. The molecule has 1 aromatic heterocycles. The number of carbonyl (C=O) groups is 1. The summed E-state index contributed by atoms with van der Waals surface area (Å²) in [5.41, 5.74) is 0.939. The molecule has 0 aliphatic heterocycles. The Morgan fingerprint density at radius 1 is 1.47 bits per heavy atom. The Morgan fingerprint density at radius 2 is 2.13 bits per heavy atom. The van der Waals surface area contributed by atoms with Gasteiger partial charge in [-0.05, 0) is 19.8 Å². The Bertz CT molecular complexity index is 363. The first-order valence-electron chi connectivity index (χ1n) is 5.29. The van der Waals surface area contributed by atoms with Crippen molar-refractivity contribution in [2.24, 2.45) is 0 Å². The van der Waals surface area contributed by atoms with E-state index >= 15 is 0 Å². The van der Waals surface area contributed by atoms with Gasteiger partial charge >= 0.3 is 0 Å². The van der Waals surface area contributed by atoms with Crippen LogP contribution in [0.15, 0.2) is 0 Å². The molecule has 0 radical (unpaired) electrons. The fourth-order valence-electron chi connectivity index (χ4n) is 1.96. The number of aliphatic hydroxyl groups is 1. The molecular weight excluding hydrogens is 210 g/mol. The fourth-order valence-corrected chi connectivity index (χ4v) is 3.05. The van der Waals surface area contributed by atoms with Gasteiger partial charge in [0.1, 0.15) is 5.78 Å². The Labute approximate surface area is 93.2 Å². The van der Waals surface area contributed by atoms with E-state index in [1.165, 1.54) is 0 Å². The average Bonchev–Trinajstić information content (AvgIpc) is 2.61.